The molecule has 0 saturated heterocycles. The summed E-state index contributed by atoms with van der Waals surface area (Å²) in [5.74, 6) is 0.408. The van der Waals surface area contributed by atoms with Crippen LogP contribution in [0.2, 0.25) is 5.15 Å². The van der Waals surface area contributed by atoms with Crippen molar-refractivity contribution in [2.75, 3.05) is 10.6 Å². The summed E-state index contributed by atoms with van der Waals surface area (Å²) in [7, 11) is 0. The summed E-state index contributed by atoms with van der Waals surface area (Å²) < 4.78 is 0. The number of hydrogen-bond acceptors (Lipinski definition) is 6. The smallest absolute Gasteiger partial charge is 0.230 e. The van der Waals surface area contributed by atoms with Gasteiger partial charge >= 0.3 is 0 Å². The maximum atomic E-state index is 12.7. The molecule has 1 aliphatic carbocycles. The monoisotopic (exact) mass is 404 g/mol. The molecule has 150 valence electrons. The van der Waals surface area contributed by atoms with Crippen molar-refractivity contribution in [3.8, 4) is 0 Å². The molecule has 0 aliphatic heterocycles. The summed E-state index contributed by atoms with van der Waals surface area (Å²) in [6.45, 7) is 5.48. The van der Waals surface area contributed by atoms with Crippen LogP contribution in [0.5, 0.6) is 0 Å². The fraction of sp³-hybridized carbons (Fsp3) is 0.526. The Morgan fingerprint density at radius 2 is 2.04 bits per heavy atom. The number of nitrogens with zero attached hydrogens (tertiary/aromatic N) is 3. The number of pyridine rings is 1. The Morgan fingerprint density at radius 3 is 2.75 bits per heavy atom. The molecule has 28 heavy (non-hydrogen) atoms. The van der Waals surface area contributed by atoms with Crippen molar-refractivity contribution < 1.29 is 9.59 Å². The number of nitrogens with one attached hydrogen (secondary N) is 3. The lowest BCUT2D eigenvalue weighted by atomic mass is 9.85. The van der Waals surface area contributed by atoms with Crippen molar-refractivity contribution in [3.05, 3.63) is 17.4 Å². The highest BCUT2D eigenvalue weighted by Crippen LogP contribution is 2.27. The first-order valence-electron chi connectivity index (χ1n) is 9.49. The number of carbonyl (C=O) groups is 2. The van der Waals surface area contributed by atoms with Gasteiger partial charge in [0.1, 0.15) is 10.7 Å². The summed E-state index contributed by atoms with van der Waals surface area (Å²) in [4.78, 5) is 37.0. The molecule has 0 aromatic carbocycles. The summed E-state index contributed by atoms with van der Waals surface area (Å²) in [6, 6.07) is 1.87. The number of rotatable bonds is 5. The molecule has 0 bridgehead atoms. The summed E-state index contributed by atoms with van der Waals surface area (Å²) in [6.07, 6.45) is 4.82. The fourth-order valence-electron chi connectivity index (χ4n) is 3.50. The first kappa shape index (κ1) is 20.3. The number of aromatic nitrogens is 3. The minimum Gasteiger partial charge on any atom is -0.366 e. The second kappa shape index (κ2) is 8.68. The normalized spacial score (nSPS) is 19.5. The van der Waals surface area contributed by atoms with Gasteiger partial charge in [-0.05, 0) is 39.2 Å². The first-order chi connectivity index (χ1) is 13.3. The Kier molecular flexibility index (Phi) is 6.28. The molecule has 0 unspecified atom stereocenters. The number of hydrogen-bond donors (Lipinski definition) is 3. The van der Waals surface area contributed by atoms with Crippen molar-refractivity contribution in [1.82, 2.24) is 20.3 Å². The number of amides is 2. The van der Waals surface area contributed by atoms with E-state index in [1.54, 1.807) is 12.3 Å². The Hall–Kier alpha value is -2.48. The van der Waals surface area contributed by atoms with Crippen LogP contribution < -0.4 is 16.0 Å². The molecule has 1 fully saturated rings. The van der Waals surface area contributed by atoms with Crippen LogP contribution in [0.15, 0.2) is 12.3 Å². The van der Waals surface area contributed by atoms with Gasteiger partial charge in [-0.2, -0.15) is 0 Å². The highest BCUT2D eigenvalue weighted by Gasteiger charge is 2.28. The molecule has 1 aliphatic rings. The average molecular weight is 405 g/mol. The van der Waals surface area contributed by atoms with Crippen molar-refractivity contribution in [2.24, 2.45) is 5.92 Å². The van der Waals surface area contributed by atoms with Crippen molar-refractivity contribution >= 4 is 46.1 Å². The van der Waals surface area contributed by atoms with Gasteiger partial charge in [-0.1, -0.05) is 18.0 Å². The third kappa shape index (κ3) is 5.07. The second-order valence-corrected chi connectivity index (χ2v) is 7.86. The van der Waals surface area contributed by atoms with Crippen molar-refractivity contribution in [1.29, 1.82) is 0 Å². The average Bonchev–Trinajstić information content (AvgIpc) is 2.61. The van der Waals surface area contributed by atoms with Crippen molar-refractivity contribution in [3.63, 3.8) is 0 Å². The topological polar surface area (TPSA) is 109 Å². The molecule has 2 amide bonds. The largest absolute Gasteiger partial charge is 0.366 e. The highest BCUT2D eigenvalue weighted by atomic mass is 35.5. The van der Waals surface area contributed by atoms with Gasteiger partial charge in [-0.15, -0.1) is 0 Å². The van der Waals surface area contributed by atoms with Crippen molar-refractivity contribution in [2.45, 2.75) is 58.5 Å². The van der Waals surface area contributed by atoms with Crippen LogP contribution in [0.4, 0.5) is 11.8 Å². The van der Waals surface area contributed by atoms with Gasteiger partial charge in [0.2, 0.25) is 17.8 Å². The number of fused-ring (bicyclic) bond motifs is 1. The predicted octanol–water partition coefficient (Wildman–Crippen LogP) is 3.13. The van der Waals surface area contributed by atoms with Gasteiger partial charge in [0.25, 0.3) is 0 Å². The molecule has 2 aromatic heterocycles. The molecule has 2 heterocycles. The van der Waals surface area contributed by atoms with E-state index in [0.717, 1.165) is 24.6 Å². The summed E-state index contributed by atoms with van der Waals surface area (Å²) in [5.41, 5.74) is 0.600. The van der Waals surface area contributed by atoms with Gasteiger partial charge in [-0.3, -0.25) is 14.9 Å². The van der Waals surface area contributed by atoms with E-state index < -0.39 is 0 Å². The van der Waals surface area contributed by atoms with E-state index in [1.807, 2.05) is 13.8 Å². The van der Waals surface area contributed by atoms with E-state index >= 15 is 0 Å². The van der Waals surface area contributed by atoms with E-state index in [0.29, 0.717) is 22.9 Å². The molecular weight excluding hydrogens is 380 g/mol. The SMILES string of the molecule is CC(=O)N[C@@H]1CCC[C@H](C(=O)Nc2ncc3cc(Cl)nc(NC(C)C)c3n2)C1. The van der Waals surface area contributed by atoms with Gasteiger partial charge in [0.05, 0.1) is 0 Å². The molecule has 0 radical (unpaired) electrons. The minimum atomic E-state index is -0.179. The maximum Gasteiger partial charge on any atom is 0.230 e. The molecule has 3 rings (SSSR count). The molecular formula is C19H25ClN6O2. The lowest BCUT2D eigenvalue weighted by Crippen LogP contribution is -2.40. The standard InChI is InChI=1S/C19H25ClN6O2/c1-10(2)22-17-16-13(8-15(20)24-17)9-21-19(25-16)26-18(28)12-5-4-6-14(7-12)23-11(3)27/h8-10,12,14H,4-7H2,1-3H3,(H,22,24)(H,23,27)(H,21,25,26,28)/t12-,14+/m0/s1. The molecule has 3 N–H and O–H groups in total. The molecule has 0 spiro atoms. The van der Waals surface area contributed by atoms with Crippen LogP contribution >= 0.6 is 11.6 Å². The summed E-state index contributed by atoms with van der Waals surface area (Å²) >= 11 is 6.08. The Balaban J connectivity index is 1.77. The quantitative estimate of drug-likeness (QED) is 0.660. The zero-order valence-corrected chi connectivity index (χ0v) is 17.0. The predicted molar refractivity (Wildman–Crippen MR) is 109 cm³/mol. The van der Waals surface area contributed by atoms with Crippen LogP contribution in [0.1, 0.15) is 46.5 Å². The number of halogens is 1. The van der Waals surface area contributed by atoms with Crippen LogP contribution in [0.25, 0.3) is 10.9 Å². The molecule has 8 nitrogen and oxygen atoms in total. The van der Waals surface area contributed by atoms with Gasteiger partial charge in [0.15, 0.2) is 5.82 Å². The van der Waals surface area contributed by atoms with E-state index in [4.69, 9.17) is 11.6 Å². The fourth-order valence-corrected chi connectivity index (χ4v) is 3.70. The molecule has 9 heteroatoms. The third-order valence-electron chi connectivity index (χ3n) is 4.65. The van der Waals surface area contributed by atoms with E-state index in [2.05, 4.69) is 30.9 Å². The van der Waals surface area contributed by atoms with Gasteiger partial charge < -0.3 is 10.6 Å². The van der Waals surface area contributed by atoms with E-state index in [9.17, 15) is 9.59 Å². The number of carbonyl (C=O) groups excluding carboxylic acids is 2. The Morgan fingerprint density at radius 1 is 1.25 bits per heavy atom. The lowest BCUT2D eigenvalue weighted by Gasteiger charge is -2.28. The van der Waals surface area contributed by atoms with E-state index in [-0.39, 0.29) is 35.8 Å². The van der Waals surface area contributed by atoms with Crippen LogP contribution in [0.3, 0.4) is 0 Å². The molecule has 1 saturated carbocycles. The summed E-state index contributed by atoms with van der Waals surface area (Å²) in [5, 5.41) is 10.0. The van der Waals surface area contributed by atoms with Crippen LogP contribution in [0, 0.1) is 5.92 Å². The zero-order chi connectivity index (χ0) is 20.3. The number of anilines is 2. The lowest BCUT2D eigenvalue weighted by molar-refractivity contribution is -0.123. The van der Waals surface area contributed by atoms with E-state index in [1.165, 1.54) is 6.92 Å². The van der Waals surface area contributed by atoms with Crippen LogP contribution in [-0.4, -0.2) is 38.8 Å². The Bertz CT molecular complexity index is 888. The molecule has 2 aromatic rings. The highest BCUT2D eigenvalue weighted by molar-refractivity contribution is 6.30. The maximum absolute atomic E-state index is 12.7. The Labute approximate surface area is 168 Å². The third-order valence-corrected chi connectivity index (χ3v) is 4.84. The molecule has 2 atom stereocenters. The zero-order valence-electron chi connectivity index (χ0n) is 16.3. The second-order valence-electron chi connectivity index (χ2n) is 7.47. The van der Waals surface area contributed by atoms with Crippen LogP contribution in [-0.2, 0) is 9.59 Å². The van der Waals surface area contributed by atoms with Gasteiger partial charge in [0, 0.05) is 36.5 Å². The minimum absolute atomic E-state index is 0.0349. The first-order valence-corrected chi connectivity index (χ1v) is 9.87. The van der Waals surface area contributed by atoms with Gasteiger partial charge in [-0.25, -0.2) is 15.0 Å².